The van der Waals surface area contributed by atoms with Gasteiger partial charge in [0.05, 0.1) is 5.56 Å². The van der Waals surface area contributed by atoms with E-state index in [0.29, 0.717) is 0 Å². The summed E-state index contributed by atoms with van der Waals surface area (Å²) in [4.78, 5) is 33.0. The van der Waals surface area contributed by atoms with Crippen LogP contribution >= 0.6 is 0 Å². The first-order chi connectivity index (χ1) is 8.81. The first-order valence-corrected chi connectivity index (χ1v) is 5.42. The summed E-state index contributed by atoms with van der Waals surface area (Å²) in [6.07, 6.45) is 0. The zero-order valence-electron chi connectivity index (χ0n) is 10.4. The van der Waals surface area contributed by atoms with E-state index in [1.54, 1.807) is 0 Å². The van der Waals surface area contributed by atoms with Crippen molar-refractivity contribution in [3.8, 4) is 0 Å². The van der Waals surface area contributed by atoms with Gasteiger partial charge in [-0.05, 0) is 25.1 Å². The minimum atomic E-state index is -1.39. The molecule has 0 bridgehead atoms. The van der Waals surface area contributed by atoms with Crippen LogP contribution in [0.25, 0.3) is 0 Å². The van der Waals surface area contributed by atoms with E-state index in [0.717, 1.165) is 12.1 Å². The number of carboxylic acid groups (broad SMARTS) is 1. The maximum absolute atomic E-state index is 13.4. The predicted molar refractivity (Wildman–Crippen MR) is 65.3 cm³/mol. The van der Waals surface area contributed by atoms with Gasteiger partial charge in [0.1, 0.15) is 11.9 Å². The van der Waals surface area contributed by atoms with Crippen molar-refractivity contribution in [2.24, 2.45) is 0 Å². The van der Waals surface area contributed by atoms with Crippen molar-refractivity contribution >= 4 is 23.5 Å². The number of carbonyl (C=O) groups is 3. The van der Waals surface area contributed by atoms with Crippen molar-refractivity contribution in [3.63, 3.8) is 0 Å². The Labute approximate surface area is 108 Å². The molecule has 0 aliphatic carbocycles. The summed E-state index contributed by atoms with van der Waals surface area (Å²) in [7, 11) is 0. The maximum atomic E-state index is 13.4. The van der Waals surface area contributed by atoms with Crippen molar-refractivity contribution < 1.29 is 23.9 Å². The molecular formula is C12H13FN2O4. The summed E-state index contributed by atoms with van der Waals surface area (Å²) < 4.78 is 13.4. The number of carbonyl (C=O) groups excluding carboxylic acids is 2. The van der Waals surface area contributed by atoms with Crippen LogP contribution in [0.2, 0.25) is 0 Å². The van der Waals surface area contributed by atoms with Crippen molar-refractivity contribution in [1.82, 2.24) is 5.32 Å². The summed E-state index contributed by atoms with van der Waals surface area (Å²) in [5, 5.41) is 13.4. The second kappa shape index (κ2) is 5.94. The lowest BCUT2D eigenvalue weighted by Gasteiger charge is -2.13. The van der Waals surface area contributed by atoms with Gasteiger partial charge in [0.25, 0.3) is 0 Å². The van der Waals surface area contributed by atoms with E-state index >= 15 is 0 Å². The largest absolute Gasteiger partial charge is 0.478 e. The summed E-state index contributed by atoms with van der Waals surface area (Å²) >= 11 is 0. The second-order valence-corrected chi connectivity index (χ2v) is 3.91. The second-order valence-electron chi connectivity index (χ2n) is 3.91. The monoisotopic (exact) mass is 268 g/mol. The van der Waals surface area contributed by atoms with Gasteiger partial charge in [0.15, 0.2) is 0 Å². The molecule has 0 spiro atoms. The van der Waals surface area contributed by atoms with E-state index in [9.17, 15) is 18.8 Å². The Kier molecular flexibility index (Phi) is 4.57. The van der Waals surface area contributed by atoms with Crippen LogP contribution in [-0.4, -0.2) is 28.9 Å². The normalized spacial score (nSPS) is 11.5. The van der Waals surface area contributed by atoms with Gasteiger partial charge in [-0.25, -0.2) is 9.18 Å². The van der Waals surface area contributed by atoms with E-state index in [-0.39, 0.29) is 11.6 Å². The van der Waals surface area contributed by atoms with Crippen LogP contribution in [-0.2, 0) is 9.59 Å². The van der Waals surface area contributed by atoms with Gasteiger partial charge in [-0.15, -0.1) is 0 Å². The molecule has 6 nitrogen and oxygen atoms in total. The highest BCUT2D eigenvalue weighted by Gasteiger charge is 2.15. The van der Waals surface area contributed by atoms with Crippen LogP contribution in [0.15, 0.2) is 18.2 Å². The van der Waals surface area contributed by atoms with Crippen LogP contribution in [0.4, 0.5) is 10.1 Å². The van der Waals surface area contributed by atoms with Gasteiger partial charge in [0.2, 0.25) is 11.8 Å². The maximum Gasteiger partial charge on any atom is 0.338 e. The number of halogens is 1. The number of aromatic carboxylic acids is 1. The summed E-state index contributed by atoms with van der Waals surface area (Å²) in [6, 6.07) is 2.45. The Hall–Kier alpha value is -2.44. The van der Waals surface area contributed by atoms with Crippen LogP contribution in [0.3, 0.4) is 0 Å². The molecule has 7 heteroatoms. The molecule has 0 radical (unpaired) electrons. The lowest BCUT2D eigenvalue weighted by molar-refractivity contribution is -0.124. The molecule has 0 saturated heterocycles. The summed E-state index contributed by atoms with van der Waals surface area (Å²) in [5.41, 5.74) is -0.363. The summed E-state index contributed by atoms with van der Waals surface area (Å²) in [5.74, 6) is -3.23. The van der Waals surface area contributed by atoms with Crippen LogP contribution < -0.4 is 10.6 Å². The third kappa shape index (κ3) is 4.06. The van der Waals surface area contributed by atoms with Crippen LogP contribution in [0, 0.1) is 5.82 Å². The minimum Gasteiger partial charge on any atom is -0.478 e. The van der Waals surface area contributed by atoms with Crippen molar-refractivity contribution in [1.29, 1.82) is 0 Å². The van der Waals surface area contributed by atoms with Gasteiger partial charge in [0, 0.05) is 12.6 Å². The Bertz CT molecular complexity index is 530. The fourth-order valence-corrected chi connectivity index (χ4v) is 1.39. The molecular weight excluding hydrogens is 255 g/mol. The molecule has 0 aromatic heterocycles. The number of nitrogens with one attached hydrogen (secondary N) is 2. The number of benzene rings is 1. The molecule has 3 N–H and O–H groups in total. The molecule has 0 heterocycles. The van der Waals surface area contributed by atoms with E-state index in [1.165, 1.54) is 19.9 Å². The number of amides is 2. The van der Waals surface area contributed by atoms with Gasteiger partial charge in [-0.3, -0.25) is 9.59 Å². The highest BCUT2D eigenvalue weighted by molar-refractivity contribution is 5.97. The molecule has 1 rings (SSSR count). The third-order valence-electron chi connectivity index (χ3n) is 2.28. The fraction of sp³-hybridized carbons (Fsp3) is 0.250. The number of rotatable bonds is 4. The fourth-order valence-electron chi connectivity index (χ4n) is 1.39. The van der Waals surface area contributed by atoms with E-state index in [4.69, 9.17) is 5.11 Å². The first-order valence-electron chi connectivity index (χ1n) is 5.42. The number of hydrogen-bond acceptors (Lipinski definition) is 3. The molecule has 0 saturated carbocycles. The Morgan fingerprint density at radius 3 is 2.42 bits per heavy atom. The van der Waals surface area contributed by atoms with Crippen molar-refractivity contribution in [2.75, 3.05) is 5.32 Å². The van der Waals surface area contributed by atoms with Crippen LogP contribution in [0.5, 0.6) is 0 Å². The Morgan fingerprint density at radius 2 is 1.95 bits per heavy atom. The molecule has 102 valence electrons. The minimum absolute atomic E-state index is 0.115. The first kappa shape index (κ1) is 14.6. The highest BCUT2D eigenvalue weighted by Crippen LogP contribution is 2.14. The van der Waals surface area contributed by atoms with E-state index in [2.05, 4.69) is 10.6 Å². The number of hydrogen-bond donors (Lipinski definition) is 3. The molecule has 1 aromatic rings. The molecule has 19 heavy (non-hydrogen) atoms. The van der Waals surface area contributed by atoms with Crippen LogP contribution in [0.1, 0.15) is 24.2 Å². The lowest BCUT2D eigenvalue weighted by Crippen LogP contribution is -2.40. The number of anilines is 1. The van der Waals surface area contributed by atoms with Gasteiger partial charge in [-0.1, -0.05) is 0 Å². The Morgan fingerprint density at radius 1 is 1.32 bits per heavy atom. The van der Waals surface area contributed by atoms with Gasteiger partial charge >= 0.3 is 5.97 Å². The van der Waals surface area contributed by atoms with Gasteiger partial charge < -0.3 is 15.7 Å². The zero-order chi connectivity index (χ0) is 14.6. The number of carboxylic acids is 1. The van der Waals surface area contributed by atoms with Crippen molar-refractivity contribution in [3.05, 3.63) is 29.6 Å². The molecule has 1 unspecified atom stereocenters. The van der Waals surface area contributed by atoms with E-state index in [1.807, 2.05) is 0 Å². The zero-order valence-corrected chi connectivity index (χ0v) is 10.4. The topological polar surface area (TPSA) is 95.5 Å². The lowest BCUT2D eigenvalue weighted by atomic mass is 10.2. The molecule has 0 aliphatic rings. The highest BCUT2D eigenvalue weighted by atomic mass is 19.1. The molecule has 0 aliphatic heterocycles. The summed E-state index contributed by atoms with van der Waals surface area (Å²) in [6.45, 7) is 2.74. The average molecular weight is 268 g/mol. The quantitative estimate of drug-likeness (QED) is 0.758. The van der Waals surface area contributed by atoms with Crippen molar-refractivity contribution in [2.45, 2.75) is 19.9 Å². The molecule has 0 fully saturated rings. The predicted octanol–water partition coefficient (Wildman–Crippen LogP) is 0.987. The average Bonchev–Trinajstić information content (AvgIpc) is 2.27. The van der Waals surface area contributed by atoms with E-state index < -0.39 is 29.3 Å². The smallest absolute Gasteiger partial charge is 0.338 e. The SMILES string of the molecule is CC(=O)NC(C)C(=O)Nc1ccc(C(=O)O)c(F)c1. The van der Waals surface area contributed by atoms with Gasteiger partial charge in [-0.2, -0.15) is 0 Å². The standard InChI is InChI=1S/C12H13FN2O4/c1-6(14-7(2)16)11(17)15-8-3-4-9(12(18)19)10(13)5-8/h3-6H,1-2H3,(H,14,16)(H,15,17)(H,18,19). The molecule has 2 amide bonds. The molecule has 1 atom stereocenters. The third-order valence-corrected chi connectivity index (χ3v) is 2.28. The molecule has 1 aromatic carbocycles. The Balaban J connectivity index is 2.78.